The minimum Gasteiger partial charge on any atom is -0.466 e. The summed E-state index contributed by atoms with van der Waals surface area (Å²) in [5, 5.41) is 12.4. The van der Waals surface area contributed by atoms with Crippen molar-refractivity contribution < 1.29 is 9.47 Å². The zero-order chi connectivity index (χ0) is 12.0. The first kappa shape index (κ1) is 13.3. The summed E-state index contributed by atoms with van der Waals surface area (Å²) >= 11 is 1.45. The lowest BCUT2D eigenvalue weighted by Crippen LogP contribution is -2.22. The van der Waals surface area contributed by atoms with Crippen LogP contribution in [0.15, 0.2) is 0 Å². The Kier molecular flexibility index (Phi) is 5.11. The third-order valence-corrected chi connectivity index (χ3v) is 2.46. The highest BCUT2D eigenvalue weighted by atomic mass is 32.1. The predicted octanol–water partition coefficient (Wildman–Crippen LogP) is 1.45. The van der Waals surface area contributed by atoms with Crippen LogP contribution >= 0.6 is 11.3 Å². The third-order valence-electron chi connectivity index (χ3n) is 1.62. The van der Waals surface area contributed by atoms with Gasteiger partial charge in [0.1, 0.15) is 11.6 Å². The van der Waals surface area contributed by atoms with E-state index in [1.54, 1.807) is 0 Å². The van der Waals surface area contributed by atoms with Crippen molar-refractivity contribution in [1.82, 2.24) is 15.5 Å². The molecule has 0 spiro atoms. The molecule has 1 rings (SSSR count). The Balaban J connectivity index is 2.21. The fourth-order valence-electron chi connectivity index (χ4n) is 0.996. The monoisotopic (exact) mass is 245 g/mol. The SMILES string of the molecule is CNCc1nnc(OCCOC(C)(C)C)s1. The normalized spacial score (nSPS) is 11.8. The van der Waals surface area contributed by atoms with Crippen LogP contribution in [-0.4, -0.2) is 36.1 Å². The summed E-state index contributed by atoms with van der Waals surface area (Å²) < 4.78 is 10.9. The molecule has 0 aliphatic rings. The maximum Gasteiger partial charge on any atom is 0.294 e. The van der Waals surface area contributed by atoms with Gasteiger partial charge in [0.15, 0.2) is 0 Å². The molecular weight excluding hydrogens is 226 g/mol. The molecule has 5 nitrogen and oxygen atoms in total. The molecule has 0 saturated carbocycles. The van der Waals surface area contributed by atoms with Crippen LogP contribution in [0, 0.1) is 0 Å². The van der Waals surface area contributed by atoms with E-state index in [9.17, 15) is 0 Å². The fraction of sp³-hybridized carbons (Fsp3) is 0.800. The van der Waals surface area contributed by atoms with Gasteiger partial charge in [-0.1, -0.05) is 11.3 Å². The smallest absolute Gasteiger partial charge is 0.294 e. The van der Waals surface area contributed by atoms with Crippen LogP contribution in [-0.2, 0) is 11.3 Å². The Morgan fingerprint density at radius 2 is 2.00 bits per heavy atom. The Morgan fingerprint density at radius 3 is 2.62 bits per heavy atom. The van der Waals surface area contributed by atoms with Crippen molar-refractivity contribution in [2.45, 2.75) is 32.9 Å². The van der Waals surface area contributed by atoms with Crippen LogP contribution in [0.1, 0.15) is 25.8 Å². The molecule has 1 N–H and O–H groups in total. The lowest BCUT2D eigenvalue weighted by molar-refractivity contribution is -0.0163. The summed E-state index contributed by atoms with van der Waals surface area (Å²) in [5.41, 5.74) is -0.123. The second-order valence-corrected chi connectivity index (χ2v) is 5.33. The lowest BCUT2D eigenvalue weighted by Gasteiger charge is -2.18. The molecule has 0 aliphatic carbocycles. The molecule has 0 amide bonds. The molecule has 1 heterocycles. The van der Waals surface area contributed by atoms with Gasteiger partial charge in [-0.25, -0.2) is 0 Å². The van der Waals surface area contributed by atoms with E-state index in [1.807, 2.05) is 27.8 Å². The maximum atomic E-state index is 5.52. The van der Waals surface area contributed by atoms with E-state index < -0.39 is 0 Å². The minimum absolute atomic E-state index is 0.123. The van der Waals surface area contributed by atoms with Crippen LogP contribution in [0.2, 0.25) is 0 Å². The van der Waals surface area contributed by atoms with Crippen LogP contribution in [0.3, 0.4) is 0 Å². The highest BCUT2D eigenvalue weighted by Crippen LogP contribution is 2.17. The average Bonchev–Trinajstić information content (AvgIpc) is 2.60. The largest absolute Gasteiger partial charge is 0.466 e. The van der Waals surface area contributed by atoms with E-state index in [2.05, 4.69) is 15.5 Å². The Bertz CT molecular complexity index is 309. The van der Waals surface area contributed by atoms with Crippen molar-refractivity contribution in [3.63, 3.8) is 0 Å². The topological polar surface area (TPSA) is 56.3 Å². The second kappa shape index (κ2) is 6.12. The summed E-state index contributed by atoms with van der Waals surface area (Å²) in [6.45, 7) is 7.84. The van der Waals surface area contributed by atoms with Gasteiger partial charge in [0.25, 0.3) is 5.19 Å². The molecule has 0 radical (unpaired) electrons. The Morgan fingerprint density at radius 1 is 1.25 bits per heavy atom. The zero-order valence-corrected chi connectivity index (χ0v) is 11.1. The van der Waals surface area contributed by atoms with Gasteiger partial charge in [-0.15, -0.1) is 10.2 Å². The van der Waals surface area contributed by atoms with Crippen molar-refractivity contribution >= 4 is 11.3 Å². The Hall–Kier alpha value is -0.720. The fourth-order valence-corrected chi connectivity index (χ4v) is 1.72. The van der Waals surface area contributed by atoms with Gasteiger partial charge in [-0.05, 0) is 27.8 Å². The van der Waals surface area contributed by atoms with E-state index in [1.165, 1.54) is 11.3 Å². The van der Waals surface area contributed by atoms with Crippen LogP contribution in [0.25, 0.3) is 0 Å². The number of nitrogens with zero attached hydrogens (tertiary/aromatic N) is 2. The minimum atomic E-state index is -0.123. The van der Waals surface area contributed by atoms with Crippen molar-refractivity contribution in [3.8, 4) is 5.19 Å². The van der Waals surface area contributed by atoms with Crippen LogP contribution < -0.4 is 10.1 Å². The van der Waals surface area contributed by atoms with Crippen molar-refractivity contribution in [2.24, 2.45) is 0 Å². The first-order valence-electron chi connectivity index (χ1n) is 5.25. The Labute approximate surface area is 100 Å². The van der Waals surface area contributed by atoms with E-state index in [0.717, 1.165) is 11.6 Å². The molecule has 0 aliphatic heterocycles. The van der Waals surface area contributed by atoms with Gasteiger partial charge in [0, 0.05) is 6.54 Å². The molecule has 0 bridgehead atoms. The van der Waals surface area contributed by atoms with Crippen LogP contribution in [0.4, 0.5) is 0 Å². The highest BCUT2D eigenvalue weighted by molar-refractivity contribution is 7.13. The van der Waals surface area contributed by atoms with E-state index in [4.69, 9.17) is 9.47 Å². The average molecular weight is 245 g/mol. The van der Waals surface area contributed by atoms with Gasteiger partial charge in [0.05, 0.1) is 12.2 Å². The summed E-state index contributed by atoms with van der Waals surface area (Å²) in [6, 6.07) is 0. The van der Waals surface area contributed by atoms with Crippen molar-refractivity contribution in [2.75, 3.05) is 20.3 Å². The van der Waals surface area contributed by atoms with E-state index >= 15 is 0 Å². The van der Waals surface area contributed by atoms with Crippen LogP contribution in [0.5, 0.6) is 5.19 Å². The number of hydrogen-bond donors (Lipinski definition) is 1. The number of aromatic nitrogens is 2. The number of hydrogen-bond acceptors (Lipinski definition) is 6. The van der Waals surface area contributed by atoms with E-state index in [-0.39, 0.29) is 5.60 Å². The first-order valence-corrected chi connectivity index (χ1v) is 6.06. The third kappa shape index (κ3) is 5.39. The molecule has 1 aromatic heterocycles. The molecular formula is C10H19N3O2S. The lowest BCUT2D eigenvalue weighted by atomic mass is 10.2. The molecule has 0 unspecified atom stereocenters. The van der Waals surface area contributed by atoms with Gasteiger partial charge >= 0.3 is 0 Å². The summed E-state index contributed by atoms with van der Waals surface area (Å²) in [7, 11) is 1.87. The van der Waals surface area contributed by atoms with Crippen molar-refractivity contribution in [1.29, 1.82) is 0 Å². The summed E-state index contributed by atoms with van der Waals surface area (Å²) in [4.78, 5) is 0. The molecule has 16 heavy (non-hydrogen) atoms. The van der Waals surface area contributed by atoms with Gasteiger partial charge < -0.3 is 14.8 Å². The molecule has 92 valence electrons. The standard InChI is InChI=1S/C10H19N3O2S/c1-10(2,3)15-6-5-14-9-13-12-8(16-9)7-11-4/h11H,5-7H2,1-4H3. The first-order chi connectivity index (χ1) is 7.51. The van der Waals surface area contributed by atoms with Gasteiger partial charge in [-0.2, -0.15) is 0 Å². The molecule has 1 aromatic rings. The van der Waals surface area contributed by atoms with Crippen molar-refractivity contribution in [3.05, 3.63) is 5.01 Å². The molecule has 0 atom stereocenters. The second-order valence-electron chi connectivity index (χ2n) is 4.30. The molecule has 0 aromatic carbocycles. The number of rotatable bonds is 6. The quantitative estimate of drug-likeness (QED) is 0.769. The van der Waals surface area contributed by atoms with Gasteiger partial charge in [-0.3, -0.25) is 0 Å². The number of nitrogens with one attached hydrogen (secondary N) is 1. The maximum absolute atomic E-state index is 5.52. The number of ether oxygens (including phenoxy) is 2. The molecule has 0 fully saturated rings. The highest BCUT2D eigenvalue weighted by Gasteiger charge is 2.10. The zero-order valence-electron chi connectivity index (χ0n) is 10.2. The van der Waals surface area contributed by atoms with Gasteiger partial charge in [0.2, 0.25) is 0 Å². The summed E-state index contributed by atoms with van der Waals surface area (Å²) in [5.74, 6) is 0. The molecule has 0 saturated heterocycles. The van der Waals surface area contributed by atoms with E-state index in [0.29, 0.717) is 18.4 Å². The molecule has 6 heteroatoms. The predicted molar refractivity (Wildman–Crippen MR) is 63.9 cm³/mol. The summed E-state index contributed by atoms with van der Waals surface area (Å²) in [6.07, 6.45) is 0.